The lowest BCUT2D eigenvalue weighted by Crippen LogP contribution is -2.29. The number of hydrogen-bond acceptors (Lipinski definition) is 5. The fourth-order valence-corrected chi connectivity index (χ4v) is 2.60. The van der Waals surface area contributed by atoms with Crippen LogP contribution in [0.15, 0.2) is 24.3 Å². The Balaban J connectivity index is 2.66. The first-order valence-corrected chi connectivity index (χ1v) is 7.31. The summed E-state index contributed by atoms with van der Waals surface area (Å²) >= 11 is 0. The minimum Gasteiger partial charge on any atom is -0.469 e. The molecule has 6 nitrogen and oxygen atoms in total. The van der Waals surface area contributed by atoms with Crippen LogP contribution in [0.1, 0.15) is 12.0 Å². The van der Waals surface area contributed by atoms with Gasteiger partial charge in [0.15, 0.2) is 0 Å². The molecule has 0 saturated carbocycles. The van der Waals surface area contributed by atoms with E-state index in [1.165, 1.54) is 18.5 Å². The largest absolute Gasteiger partial charge is 0.469 e. The van der Waals surface area contributed by atoms with E-state index in [0.717, 1.165) is 5.56 Å². The molecule has 1 rings (SSSR count). The second-order valence-electron chi connectivity index (χ2n) is 4.14. The summed E-state index contributed by atoms with van der Waals surface area (Å²) in [6.45, 7) is 0.217. The molecule has 0 aliphatic heterocycles. The highest BCUT2D eigenvalue weighted by Crippen LogP contribution is 2.11. The predicted octanol–water partition coefficient (Wildman–Crippen LogP) is 0.594. The molecule has 1 aromatic rings. The average Bonchev–Trinajstić information content (AvgIpc) is 2.36. The summed E-state index contributed by atoms with van der Waals surface area (Å²) < 4.78 is 29.5. The Bertz CT molecular complexity index is 542. The van der Waals surface area contributed by atoms with Gasteiger partial charge in [-0.05, 0) is 17.7 Å². The first kappa shape index (κ1) is 15.5. The second kappa shape index (κ2) is 6.53. The molecular weight excluding hydrogens is 268 g/mol. The topological polar surface area (TPSA) is 89.7 Å². The molecule has 0 spiro atoms. The van der Waals surface area contributed by atoms with Gasteiger partial charge in [0.05, 0.1) is 19.3 Å². The first-order valence-electron chi connectivity index (χ1n) is 5.70. The van der Waals surface area contributed by atoms with Crippen molar-refractivity contribution in [1.82, 2.24) is 4.31 Å². The maximum Gasteiger partial charge on any atom is 0.306 e. The molecule has 0 unspecified atom stereocenters. The van der Waals surface area contributed by atoms with Crippen molar-refractivity contribution in [2.45, 2.75) is 13.0 Å². The van der Waals surface area contributed by atoms with E-state index in [1.807, 2.05) is 0 Å². The van der Waals surface area contributed by atoms with E-state index in [9.17, 15) is 13.2 Å². The molecule has 0 aromatic heterocycles. The van der Waals surface area contributed by atoms with Gasteiger partial charge in [-0.2, -0.15) is 0 Å². The Labute approximate surface area is 113 Å². The lowest BCUT2D eigenvalue weighted by atomic mass is 10.2. The Morgan fingerprint density at radius 3 is 2.68 bits per heavy atom. The van der Waals surface area contributed by atoms with Crippen LogP contribution in [0.3, 0.4) is 0 Å². The van der Waals surface area contributed by atoms with Crippen LogP contribution < -0.4 is 5.73 Å². The van der Waals surface area contributed by atoms with Gasteiger partial charge in [-0.15, -0.1) is 0 Å². The maximum atomic E-state index is 11.9. The number of methoxy groups -OCH3 is 1. The van der Waals surface area contributed by atoms with Gasteiger partial charge >= 0.3 is 5.97 Å². The molecule has 2 N–H and O–H groups in total. The van der Waals surface area contributed by atoms with E-state index in [0.29, 0.717) is 5.69 Å². The van der Waals surface area contributed by atoms with Crippen LogP contribution in [0.5, 0.6) is 0 Å². The lowest BCUT2D eigenvalue weighted by Gasteiger charge is -2.17. The van der Waals surface area contributed by atoms with E-state index < -0.39 is 16.0 Å². The molecule has 0 heterocycles. The molecule has 0 aliphatic rings. The summed E-state index contributed by atoms with van der Waals surface area (Å²) in [7, 11) is -0.789. The fraction of sp³-hybridized carbons (Fsp3) is 0.417. The van der Waals surface area contributed by atoms with E-state index in [2.05, 4.69) is 4.74 Å². The fourth-order valence-electron chi connectivity index (χ4n) is 1.52. The highest BCUT2D eigenvalue weighted by Gasteiger charge is 2.19. The molecule has 0 saturated heterocycles. The second-order valence-corrected chi connectivity index (χ2v) is 6.34. The number of rotatable bonds is 6. The number of anilines is 1. The molecule has 0 aliphatic carbocycles. The molecule has 0 atom stereocenters. The number of hydrogen-bond donors (Lipinski definition) is 1. The SMILES string of the molecule is COC(=O)CCS(=O)(=O)N(C)Cc1cccc(N)c1. The third kappa shape index (κ3) is 4.88. The normalized spacial score (nSPS) is 11.5. The quantitative estimate of drug-likeness (QED) is 0.610. The van der Waals surface area contributed by atoms with Gasteiger partial charge in [0.25, 0.3) is 0 Å². The summed E-state index contributed by atoms with van der Waals surface area (Å²) in [5.41, 5.74) is 7.01. The van der Waals surface area contributed by atoms with E-state index in [4.69, 9.17) is 5.73 Å². The van der Waals surface area contributed by atoms with Crippen LogP contribution in [0, 0.1) is 0 Å². The van der Waals surface area contributed by atoms with Crippen LogP contribution >= 0.6 is 0 Å². The zero-order valence-corrected chi connectivity index (χ0v) is 11.8. The third-order valence-corrected chi connectivity index (χ3v) is 4.42. The number of benzene rings is 1. The van der Waals surface area contributed by atoms with Crippen LogP contribution in [-0.4, -0.2) is 38.6 Å². The summed E-state index contributed by atoms with van der Waals surface area (Å²) in [5, 5.41) is 0. The van der Waals surface area contributed by atoms with Crippen molar-refractivity contribution in [2.75, 3.05) is 25.6 Å². The zero-order chi connectivity index (χ0) is 14.5. The van der Waals surface area contributed by atoms with Gasteiger partial charge in [-0.25, -0.2) is 12.7 Å². The van der Waals surface area contributed by atoms with Crippen LogP contribution in [-0.2, 0) is 26.1 Å². The van der Waals surface area contributed by atoms with E-state index in [-0.39, 0.29) is 18.7 Å². The summed E-state index contributed by atoms with van der Waals surface area (Å²) in [5.74, 6) is -0.806. The number of carbonyl (C=O) groups excluding carboxylic acids is 1. The number of nitrogen functional groups attached to an aromatic ring is 1. The Hall–Kier alpha value is -1.60. The molecule has 0 amide bonds. The number of sulfonamides is 1. The standard InChI is InChI=1S/C12H18N2O4S/c1-14(9-10-4-3-5-11(13)8-10)19(16,17)7-6-12(15)18-2/h3-5,8H,6-7,9,13H2,1-2H3. The van der Waals surface area contributed by atoms with Gasteiger partial charge in [-0.3, -0.25) is 4.79 Å². The summed E-state index contributed by atoms with van der Waals surface area (Å²) in [6, 6.07) is 7.00. The van der Waals surface area contributed by atoms with Crippen molar-refractivity contribution >= 4 is 21.7 Å². The zero-order valence-electron chi connectivity index (χ0n) is 11.0. The highest BCUT2D eigenvalue weighted by atomic mass is 32.2. The Kier molecular flexibility index (Phi) is 5.31. The molecule has 19 heavy (non-hydrogen) atoms. The number of ether oxygens (including phenoxy) is 1. The molecular formula is C12H18N2O4S. The number of nitrogens with zero attached hydrogens (tertiary/aromatic N) is 1. The van der Waals surface area contributed by atoms with Crippen molar-refractivity contribution in [3.05, 3.63) is 29.8 Å². The molecule has 0 fully saturated rings. The monoisotopic (exact) mass is 286 g/mol. The van der Waals surface area contributed by atoms with Gasteiger partial charge in [0, 0.05) is 19.3 Å². The molecule has 0 bridgehead atoms. The van der Waals surface area contributed by atoms with E-state index >= 15 is 0 Å². The van der Waals surface area contributed by atoms with Gasteiger partial charge in [0.2, 0.25) is 10.0 Å². The average molecular weight is 286 g/mol. The summed E-state index contributed by atoms with van der Waals surface area (Å²) in [4.78, 5) is 11.0. The highest BCUT2D eigenvalue weighted by molar-refractivity contribution is 7.89. The third-order valence-electron chi connectivity index (χ3n) is 2.62. The number of esters is 1. The minimum atomic E-state index is -3.48. The van der Waals surface area contributed by atoms with Gasteiger partial charge in [0.1, 0.15) is 0 Å². The lowest BCUT2D eigenvalue weighted by molar-refractivity contribution is -0.140. The van der Waals surface area contributed by atoms with E-state index in [1.54, 1.807) is 24.3 Å². The predicted molar refractivity (Wildman–Crippen MR) is 72.7 cm³/mol. The van der Waals surface area contributed by atoms with Crippen LogP contribution in [0.2, 0.25) is 0 Å². The Morgan fingerprint density at radius 1 is 1.42 bits per heavy atom. The number of nitrogens with two attached hydrogens (primary N) is 1. The summed E-state index contributed by atoms with van der Waals surface area (Å²) in [6.07, 6.45) is -0.153. The first-order chi connectivity index (χ1) is 8.85. The van der Waals surface area contributed by atoms with Crippen molar-refractivity contribution in [2.24, 2.45) is 0 Å². The van der Waals surface area contributed by atoms with Crippen LogP contribution in [0.25, 0.3) is 0 Å². The minimum absolute atomic E-state index is 0.153. The molecule has 106 valence electrons. The smallest absolute Gasteiger partial charge is 0.306 e. The van der Waals surface area contributed by atoms with Gasteiger partial charge < -0.3 is 10.5 Å². The molecule has 0 radical (unpaired) electrons. The van der Waals surface area contributed by atoms with Crippen molar-refractivity contribution in [3.8, 4) is 0 Å². The molecule has 7 heteroatoms. The van der Waals surface area contributed by atoms with Crippen LogP contribution in [0.4, 0.5) is 5.69 Å². The molecule has 1 aromatic carbocycles. The van der Waals surface area contributed by atoms with Crippen molar-refractivity contribution in [3.63, 3.8) is 0 Å². The number of carbonyl (C=O) groups is 1. The van der Waals surface area contributed by atoms with Crippen molar-refractivity contribution < 1.29 is 17.9 Å². The maximum absolute atomic E-state index is 11.9. The van der Waals surface area contributed by atoms with Gasteiger partial charge in [-0.1, -0.05) is 12.1 Å². The van der Waals surface area contributed by atoms with Crippen molar-refractivity contribution in [1.29, 1.82) is 0 Å². The Morgan fingerprint density at radius 2 is 2.11 bits per heavy atom.